The van der Waals surface area contributed by atoms with Crippen LogP contribution in [0.25, 0.3) is 0 Å². The van der Waals surface area contributed by atoms with Gasteiger partial charge in [0, 0.05) is 11.8 Å². The van der Waals surface area contributed by atoms with Crippen LogP contribution in [0.3, 0.4) is 0 Å². The van der Waals surface area contributed by atoms with Crippen LogP contribution in [0.2, 0.25) is 0 Å². The second kappa shape index (κ2) is 2.97. The van der Waals surface area contributed by atoms with Crippen molar-refractivity contribution in [2.75, 3.05) is 0 Å². The van der Waals surface area contributed by atoms with Gasteiger partial charge in [0.05, 0.1) is 0 Å². The standard InChI is InChI=1S/C12H18O/c1-9-6-7-12(2)10(8-9)4-3-5-11(12)13/h6,10H,3-5,7-8H2,1-2H3/t10-,12-/m1/s1. The molecule has 1 fully saturated rings. The first-order valence-corrected chi connectivity index (χ1v) is 5.32. The maximum atomic E-state index is 11.8. The number of hydrogen-bond acceptors (Lipinski definition) is 1. The lowest BCUT2D eigenvalue weighted by Crippen LogP contribution is -2.40. The smallest absolute Gasteiger partial charge is 0.139 e. The zero-order valence-corrected chi connectivity index (χ0v) is 8.60. The van der Waals surface area contributed by atoms with Crippen molar-refractivity contribution in [3.63, 3.8) is 0 Å². The second-order valence-electron chi connectivity index (χ2n) is 4.89. The van der Waals surface area contributed by atoms with Crippen molar-refractivity contribution < 1.29 is 4.79 Å². The summed E-state index contributed by atoms with van der Waals surface area (Å²) in [6.45, 7) is 4.36. The quantitative estimate of drug-likeness (QED) is 0.521. The van der Waals surface area contributed by atoms with E-state index in [4.69, 9.17) is 0 Å². The molecule has 0 aromatic heterocycles. The summed E-state index contributed by atoms with van der Waals surface area (Å²) in [4.78, 5) is 11.8. The molecule has 2 atom stereocenters. The normalized spacial score (nSPS) is 39.7. The zero-order valence-electron chi connectivity index (χ0n) is 8.60. The van der Waals surface area contributed by atoms with E-state index in [1.165, 1.54) is 12.0 Å². The molecular formula is C12H18O. The number of hydrogen-bond donors (Lipinski definition) is 0. The fourth-order valence-electron chi connectivity index (χ4n) is 2.81. The molecule has 0 saturated heterocycles. The average molecular weight is 178 g/mol. The molecule has 13 heavy (non-hydrogen) atoms. The maximum absolute atomic E-state index is 11.8. The molecule has 2 aliphatic carbocycles. The maximum Gasteiger partial charge on any atom is 0.139 e. The van der Waals surface area contributed by atoms with Crippen LogP contribution in [0.1, 0.15) is 46.0 Å². The van der Waals surface area contributed by atoms with E-state index in [9.17, 15) is 4.79 Å². The van der Waals surface area contributed by atoms with Gasteiger partial charge in [0.1, 0.15) is 5.78 Å². The van der Waals surface area contributed by atoms with Gasteiger partial charge >= 0.3 is 0 Å². The van der Waals surface area contributed by atoms with Crippen LogP contribution < -0.4 is 0 Å². The van der Waals surface area contributed by atoms with E-state index in [0.29, 0.717) is 11.7 Å². The minimum atomic E-state index is -0.00222. The Morgan fingerprint density at radius 2 is 2.31 bits per heavy atom. The molecule has 1 saturated carbocycles. The molecule has 0 radical (unpaired) electrons. The Labute approximate surface area is 80.2 Å². The number of fused-ring (bicyclic) bond motifs is 1. The summed E-state index contributed by atoms with van der Waals surface area (Å²) < 4.78 is 0. The topological polar surface area (TPSA) is 17.1 Å². The van der Waals surface area contributed by atoms with E-state index in [1.807, 2.05) is 0 Å². The highest BCUT2D eigenvalue weighted by Crippen LogP contribution is 2.47. The molecule has 0 heterocycles. The Morgan fingerprint density at radius 1 is 1.54 bits per heavy atom. The van der Waals surface area contributed by atoms with Crippen LogP contribution in [0.15, 0.2) is 11.6 Å². The van der Waals surface area contributed by atoms with Gasteiger partial charge in [-0.25, -0.2) is 0 Å². The first-order valence-electron chi connectivity index (χ1n) is 5.32. The van der Waals surface area contributed by atoms with Gasteiger partial charge < -0.3 is 0 Å². The predicted molar refractivity (Wildman–Crippen MR) is 53.4 cm³/mol. The summed E-state index contributed by atoms with van der Waals surface area (Å²) in [7, 11) is 0. The molecule has 0 amide bonds. The molecule has 1 nitrogen and oxygen atoms in total. The first kappa shape index (κ1) is 8.98. The Hall–Kier alpha value is -0.590. The van der Waals surface area contributed by atoms with Crippen LogP contribution >= 0.6 is 0 Å². The van der Waals surface area contributed by atoms with Gasteiger partial charge in [0.25, 0.3) is 0 Å². The average Bonchev–Trinajstić information content (AvgIpc) is 2.09. The number of allylic oxidation sites excluding steroid dienone is 2. The van der Waals surface area contributed by atoms with Gasteiger partial charge in [0.15, 0.2) is 0 Å². The molecule has 0 aliphatic heterocycles. The molecule has 72 valence electrons. The van der Waals surface area contributed by atoms with Crippen LogP contribution in [0, 0.1) is 11.3 Å². The van der Waals surface area contributed by atoms with Gasteiger partial charge in [-0.1, -0.05) is 18.6 Å². The number of carbonyl (C=O) groups excluding carboxylic acids is 1. The van der Waals surface area contributed by atoms with E-state index in [-0.39, 0.29) is 5.41 Å². The highest BCUT2D eigenvalue weighted by Gasteiger charge is 2.43. The Balaban J connectivity index is 2.28. The van der Waals surface area contributed by atoms with Crippen LogP contribution in [-0.2, 0) is 4.79 Å². The predicted octanol–water partition coefficient (Wildman–Crippen LogP) is 3.10. The summed E-state index contributed by atoms with van der Waals surface area (Å²) in [5.41, 5.74) is 1.48. The van der Waals surface area contributed by atoms with Crippen LogP contribution in [0.5, 0.6) is 0 Å². The van der Waals surface area contributed by atoms with E-state index < -0.39 is 0 Å². The third-order valence-corrected chi connectivity index (χ3v) is 3.94. The number of Topliss-reactive ketones (excluding diaryl/α,β-unsaturated/α-hetero) is 1. The summed E-state index contributed by atoms with van der Waals surface area (Å²) >= 11 is 0. The van der Waals surface area contributed by atoms with Crippen molar-refractivity contribution in [1.29, 1.82) is 0 Å². The monoisotopic (exact) mass is 178 g/mol. The third kappa shape index (κ3) is 1.34. The van der Waals surface area contributed by atoms with Gasteiger partial charge in [-0.3, -0.25) is 4.79 Å². The highest BCUT2D eigenvalue weighted by molar-refractivity contribution is 5.86. The van der Waals surface area contributed by atoms with E-state index in [1.54, 1.807) is 0 Å². The fourth-order valence-corrected chi connectivity index (χ4v) is 2.81. The number of rotatable bonds is 0. The molecule has 0 bridgehead atoms. The van der Waals surface area contributed by atoms with E-state index in [2.05, 4.69) is 19.9 Å². The van der Waals surface area contributed by atoms with Crippen molar-refractivity contribution in [1.82, 2.24) is 0 Å². The van der Waals surface area contributed by atoms with Crippen LogP contribution in [0.4, 0.5) is 0 Å². The van der Waals surface area contributed by atoms with Crippen molar-refractivity contribution in [3.05, 3.63) is 11.6 Å². The van der Waals surface area contributed by atoms with Gasteiger partial charge in [-0.2, -0.15) is 0 Å². The molecule has 0 aromatic rings. The van der Waals surface area contributed by atoms with Crippen molar-refractivity contribution in [2.24, 2.45) is 11.3 Å². The van der Waals surface area contributed by atoms with Gasteiger partial charge in [0.2, 0.25) is 0 Å². The van der Waals surface area contributed by atoms with Gasteiger partial charge in [-0.15, -0.1) is 0 Å². The molecule has 0 aromatic carbocycles. The summed E-state index contributed by atoms with van der Waals surface area (Å²) in [5, 5.41) is 0. The minimum Gasteiger partial charge on any atom is -0.299 e. The first-order chi connectivity index (χ1) is 6.13. The van der Waals surface area contributed by atoms with Crippen molar-refractivity contribution in [3.8, 4) is 0 Å². The van der Waals surface area contributed by atoms with Gasteiger partial charge in [-0.05, 0) is 38.5 Å². The summed E-state index contributed by atoms with van der Waals surface area (Å²) in [6, 6.07) is 0. The molecule has 2 aliphatic rings. The van der Waals surface area contributed by atoms with Crippen molar-refractivity contribution in [2.45, 2.75) is 46.0 Å². The molecule has 0 spiro atoms. The van der Waals surface area contributed by atoms with E-state index in [0.717, 1.165) is 25.7 Å². The lowest BCUT2D eigenvalue weighted by molar-refractivity contribution is -0.134. The summed E-state index contributed by atoms with van der Waals surface area (Å²) in [6.07, 6.45) is 7.60. The lowest BCUT2D eigenvalue weighted by Gasteiger charge is -2.42. The third-order valence-electron chi connectivity index (χ3n) is 3.94. The minimum absolute atomic E-state index is 0.00222. The number of ketones is 1. The van der Waals surface area contributed by atoms with Crippen LogP contribution in [-0.4, -0.2) is 5.78 Å². The second-order valence-corrected chi connectivity index (χ2v) is 4.89. The Bertz CT molecular complexity index is 264. The highest BCUT2D eigenvalue weighted by atomic mass is 16.1. The molecular weight excluding hydrogens is 160 g/mol. The van der Waals surface area contributed by atoms with Crippen molar-refractivity contribution >= 4 is 5.78 Å². The molecule has 1 heteroatoms. The SMILES string of the molecule is CC1=CC[C@@]2(C)C(=O)CCC[C@@H]2C1. The van der Waals surface area contributed by atoms with E-state index >= 15 is 0 Å². The molecule has 2 rings (SSSR count). The summed E-state index contributed by atoms with van der Waals surface area (Å²) in [5.74, 6) is 1.14. The molecule has 0 unspecified atom stereocenters. The fraction of sp³-hybridized carbons (Fsp3) is 0.750. The largest absolute Gasteiger partial charge is 0.299 e. The molecule has 0 N–H and O–H groups in total. The Kier molecular flexibility index (Phi) is 2.05. The Morgan fingerprint density at radius 3 is 3.08 bits per heavy atom. The number of carbonyl (C=O) groups is 1. The lowest BCUT2D eigenvalue weighted by atomic mass is 9.60. The zero-order chi connectivity index (χ0) is 9.47.